The molecule has 1 N–H and O–H groups in total. The summed E-state index contributed by atoms with van der Waals surface area (Å²) in [4.78, 5) is 12.4. The monoisotopic (exact) mass is 319 g/mol. The summed E-state index contributed by atoms with van der Waals surface area (Å²) in [7, 11) is 3.23. The minimum Gasteiger partial charge on any atom is -0.347 e. The molecule has 0 saturated heterocycles. The van der Waals surface area contributed by atoms with Gasteiger partial charge in [-0.1, -0.05) is 0 Å². The van der Waals surface area contributed by atoms with Gasteiger partial charge in [-0.3, -0.25) is 9.48 Å². The molecule has 102 valence electrons. The third-order valence-corrected chi connectivity index (χ3v) is 5.45. The zero-order chi connectivity index (χ0) is 14.0. The van der Waals surface area contributed by atoms with Crippen LogP contribution in [0.4, 0.5) is 0 Å². The fraction of sp³-hybridized carbons (Fsp3) is 0.200. The molecule has 2 aromatic heterocycles. The first kappa shape index (κ1) is 14.0. The second-order valence-electron chi connectivity index (χ2n) is 3.74. The molecule has 2 heterocycles. The number of nitrogens with zero attached hydrogens (tertiary/aromatic N) is 2. The van der Waals surface area contributed by atoms with E-state index >= 15 is 0 Å². The lowest BCUT2D eigenvalue weighted by Crippen LogP contribution is -2.21. The quantitative estimate of drug-likeness (QED) is 0.862. The van der Waals surface area contributed by atoms with Crippen LogP contribution in [-0.4, -0.2) is 24.1 Å². The number of amides is 1. The molecule has 0 spiro atoms. The number of halogens is 1. The molecule has 2 aromatic rings. The topological polar surface area (TPSA) is 81.1 Å². The molecule has 9 heteroatoms. The van der Waals surface area contributed by atoms with Gasteiger partial charge in [0.15, 0.2) is 0 Å². The van der Waals surface area contributed by atoms with E-state index in [2.05, 4.69) is 10.4 Å². The van der Waals surface area contributed by atoms with Crippen LogP contribution in [0.25, 0.3) is 0 Å². The van der Waals surface area contributed by atoms with Crippen molar-refractivity contribution in [1.29, 1.82) is 0 Å². The minimum atomic E-state index is -3.70. The lowest BCUT2D eigenvalue weighted by Gasteiger charge is -2.00. The summed E-state index contributed by atoms with van der Waals surface area (Å²) in [5.74, 6) is -0.267. The number of hydrogen-bond acceptors (Lipinski definition) is 5. The van der Waals surface area contributed by atoms with Crippen LogP contribution in [-0.2, 0) is 22.6 Å². The van der Waals surface area contributed by atoms with Gasteiger partial charge in [-0.25, -0.2) is 8.42 Å². The molecule has 19 heavy (non-hydrogen) atoms. The first-order valence-corrected chi connectivity index (χ1v) is 8.29. The molecule has 2 rings (SSSR count). The molecule has 1 amide bonds. The van der Waals surface area contributed by atoms with Gasteiger partial charge in [0.1, 0.15) is 4.21 Å². The average molecular weight is 320 g/mol. The average Bonchev–Trinajstić information content (AvgIpc) is 2.93. The van der Waals surface area contributed by atoms with E-state index < -0.39 is 9.05 Å². The smallest absolute Gasteiger partial charge is 0.270 e. The van der Waals surface area contributed by atoms with Gasteiger partial charge in [0.25, 0.3) is 15.0 Å². The van der Waals surface area contributed by atoms with Crippen molar-refractivity contribution in [2.75, 3.05) is 0 Å². The Kier molecular flexibility index (Phi) is 3.93. The summed E-state index contributed by atoms with van der Waals surface area (Å²) < 4.78 is 23.8. The highest BCUT2D eigenvalue weighted by Crippen LogP contribution is 2.24. The molecule has 0 aromatic carbocycles. The number of thiophene rings is 1. The summed E-state index contributed by atoms with van der Waals surface area (Å²) in [6.07, 6.45) is 3.05. The van der Waals surface area contributed by atoms with Gasteiger partial charge in [-0.2, -0.15) is 5.10 Å². The third kappa shape index (κ3) is 3.55. The van der Waals surface area contributed by atoms with Gasteiger partial charge in [0.05, 0.1) is 18.3 Å². The van der Waals surface area contributed by atoms with E-state index in [0.717, 1.165) is 11.3 Å². The Bertz CT molecular complexity index is 705. The molecule has 0 aliphatic rings. The molecular weight excluding hydrogens is 310 g/mol. The van der Waals surface area contributed by atoms with Gasteiger partial charge in [0.2, 0.25) is 0 Å². The summed E-state index contributed by atoms with van der Waals surface area (Å²) in [6.45, 7) is 0.241. The van der Waals surface area contributed by atoms with Crippen LogP contribution in [0.5, 0.6) is 0 Å². The number of rotatable bonds is 4. The molecule has 0 aliphatic heterocycles. The van der Waals surface area contributed by atoms with Crippen molar-refractivity contribution in [3.63, 3.8) is 0 Å². The van der Waals surface area contributed by atoms with Crippen molar-refractivity contribution < 1.29 is 13.2 Å². The van der Waals surface area contributed by atoms with E-state index in [1.807, 2.05) is 0 Å². The van der Waals surface area contributed by atoms with Crippen LogP contribution in [0, 0.1) is 0 Å². The van der Waals surface area contributed by atoms with Crippen molar-refractivity contribution >= 4 is 37.0 Å². The summed E-state index contributed by atoms with van der Waals surface area (Å²) in [5, 5.41) is 6.56. The molecule has 0 saturated carbocycles. The van der Waals surface area contributed by atoms with Crippen molar-refractivity contribution in [1.82, 2.24) is 15.1 Å². The number of hydrogen-bond donors (Lipinski definition) is 1. The molecule has 0 bridgehead atoms. The van der Waals surface area contributed by atoms with Crippen molar-refractivity contribution in [3.05, 3.63) is 35.0 Å². The van der Waals surface area contributed by atoms with E-state index in [1.54, 1.807) is 19.3 Å². The van der Waals surface area contributed by atoms with Gasteiger partial charge >= 0.3 is 0 Å². The highest BCUT2D eigenvalue weighted by molar-refractivity contribution is 8.15. The SMILES string of the molecule is Cn1cc(C(=O)NCc2ccc(S(=O)(=O)Cl)s2)cn1. The molecule has 0 atom stereocenters. The zero-order valence-corrected chi connectivity index (χ0v) is 12.2. The van der Waals surface area contributed by atoms with Crippen LogP contribution < -0.4 is 5.32 Å². The normalized spacial score (nSPS) is 11.5. The van der Waals surface area contributed by atoms with Gasteiger partial charge < -0.3 is 5.32 Å². The molecule has 6 nitrogen and oxygen atoms in total. The largest absolute Gasteiger partial charge is 0.347 e. The Morgan fingerprint density at radius 2 is 2.26 bits per heavy atom. The minimum absolute atomic E-state index is 0.0693. The maximum absolute atomic E-state index is 11.7. The maximum Gasteiger partial charge on any atom is 0.270 e. The predicted molar refractivity (Wildman–Crippen MR) is 71.7 cm³/mol. The second kappa shape index (κ2) is 5.32. The van der Waals surface area contributed by atoms with Crippen LogP contribution in [0.2, 0.25) is 0 Å². The van der Waals surface area contributed by atoms with Crippen LogP contribution in [0.3, 0.4) is 0 Å². The number of carbonyl (C=O) groups is 1. The number of carbonyl (C=O) groups excluding carboxylic acids is 1. The molecule has 0 radical (unpaired) electrons. The predicted octanol–water partition coefficient (Wildman–Crippen LogP) is 1.34. The summed E-state index contributed by atoms with van der Waals surface area (Å²) in [5.41, 5.74) is 0.448. The Balaban J connectivity index is 1.99. The van der Waals surface area contributed by atoms with Crippen LogP contribution >= 0.6 is 22.0 Å². The van der Waals surface area contributed by atoms with E-state index in [-0.39, 0.29) is 16.7 Å². The summed E-state index contributed by atoms with van der Waals surface area (Å²) in [6, 6.07) is 3.03. The first-order valence-electron chi connectivity index (χ1n) is 5.16. The zero-order valence-electron chi connectivity index (χ0n) is 9.83. The van der Waals surface area contributed by atoms with Crippen LogP contribution in [0.1, 0.15) is 15.2 Å². The maximum atomic E-state index is 11.7. The van der Waals surface area contributed by atoms with E-state index in [1.165, 1.54) is 16.9 Å². The van der Waals surface area contributed by atoms with Gasteiger partial charge in [-0.05, 0) is 12.1 Å². The van der Waals surface area contributed by atoms with Crippen molar-refractivity contribution in [2.45, 2.75) is 10.8 Å². The highest BCUT2D eigenvalue weighted by Gasteiger charge is 2.14. The van der Waals surface area contributed by atoms with E-state index in [4.69, 9.17) is 10.7 Å². The Labute approximate surface area is 118 Å². The fourth-order valence-electron chi connectivity index (χ4n) is 1.39. The molecular formula is C10H10ClN3O3S2. The first-order chi connectivity index (χ1) is 8.86. The van der Waals surface area contributed by atoms with E-state index in [0.29, 0.717) is 10.4 Å². The molecule has 0 fully saturated rings. The molecule has 0 unspecified atom stereocenters. The number of nitrogens with one attached hydrogen (secondary N) is 1. The Morgan fingerprint density at radius 1 is 1.53 bits per heavy atom. The number of aromatic nitrogens is 2. The standard InChI is InChI=1S/C10H10ClN3O3S2/c1-14-6-7(4-13-14)10(15)12-5-8-2-3-9(18-8)19(11,16)17/h2-4,6H,5H2,1H3,(H,12,15). The summed E-state index contributed by atoms with van der Waals surface area (Å²) >= 11 is 1.03. The highest BCUT2D eigenvalue weighted by atomic mass is 35.7. The van der Waals surface area contributed by atoms with Crippen molar-refractivity contribution in [3.8, 4) is 0 Å². The lowest BCUT2D eigenvalue weighted by atomic mass is 10.3. The Morgan fingerprint density at radius 3 is 2.79 bits per heavy atom. The molecule has 0 aliphatic carbocycles. The van der Waals surface area contributed by atoms with Gasteiger partial charge in [-0.15, -0.1) is 11.3 Å². The Hall–Kier alpha value is -1.38. The van der Waals surface area contributed by atoms with Crippen LogP contribution in [0.15, 0.2) is 28.7 Å². The third-order valence-electron chi connectivity index (χ3n) is 2.27. The number of aryl methyl sites for hydroxylation is 1. The van der Waals surface area contributed by atoms with Gasteiger partial charge in [0, 0.05) is 28.8 Å². The fourth-order valence-corrected chi connectivity index (χ4v) is 3.45. The van der Waals surface area contributed by atoms with Crippen molar-refractivity contribution in [2.24, 2.45) is 7.05 Å². The lowest BCUT2D eigenvalue weighted by molar-refractivity contribution is 0.0951. The van der Waals surface area contributed by atoms with E-state index in [9.17, 15) is 13.2 Å². The second-order valence-corrected chi connectivity index (χ2v) is 7.71.